The van der Waals surface area contributed by atoms with Crippen molar-refractivity contribution in [3.8, 4) is 0 Å². The monoisotopic (exact) mass is 262 g/mol. The van der Waals surface area contributed by atoms with Gasteiger partial charge in [-0.3, -0.25) is 0 Å². The maximum absolute atomic E-state index is 0. The van der Waals surface area contributed by atoms with E-state index in [2.05, 4.69) is 0 Å². The highest BCUT2D eigenvalue weighted by atomic mass is 79.9. The summed E-state index contributed by atoms with van der Waals surface area (Å²) in [6.07, 6.45) is 0. The second kappa shape index (κ2) is 47.2. The molecule has 0 nitrogen and oxygen atoms in total. The van der Waals surface area contributed by atoms with Gasteiger partial charge in [0.2, 0.25) is 0 Å². The maximum atomic E-state index is 0. The first-order valence-corrected chi connectivity index (χ1v) is 0. The summed E-state index contributed by atoms with van der Waals surface area (Å²) in [5.41, 5.74) is 0. The second-order valence-electron chi connectivity index (χ2n) is 0. The molecule has 0 fully saturated rings. The lowest BCUT2D eigenvalue weighted by atomic mass is 10.8. The predicted octanol–water partition coefficient (Wildman–Crippen LogP) is 0.972. The van der Waals surface area contributed by atoms with Crippen LogP contribution in [0.1, 0.15) is 0 Å². The van der Waals surface area contributed by atoms with Gasteiger partial charge in [-0.25, -0.2) is 0 Å². The van der Waals surface area contributed by atoms with Crippen LogP contribution in [0.25, 0.3) is 0 Å². The molecule has 0 aromatic carbocycles. The quantitative estimate of drug-likeness (QED) is 0.572. The van der Waals surface area contributed by atoms with Crippen molar-refractivity contribution in [2.45, 2.75) is 0 Å². The van der Waals surface area contributed by atoms with E-state index in [9.17, 15) is 0 Å². The van der Waals surface area contributed by atoms with Crippen LogP contribution < -0.4 is 0 Å². The molecule has 0 saturated carbocycles. The Hall–Kier alpha value is 1.57. The lowest BCUT2D eigenvalue weighted by Crippen LogP contribution is -0.382. The molecule has 0 aliphatic heterocycles. The molecule has 0 atom stereocenters. The number of hydrogen-bond donors (Lipinski definition) is 0. The van der Waals surface area contributed by atoms with E-state index in [1.807, 2.05) is 0 Å². The SMILES string of the molecule is Br.Br.Br.[B].[B]. The Morgan fingerprint density at radius 3 is 0.400 bits per heavy atom. The van der Waals surface area contributed by atoms with Crippen molar-refractivity contribution in [3.05, 3.63) is 0 Å². The van der Waals surface area contributed by atoms with Crippen LogP contribution >= 0.6 is 50.9 Å². The van der Waals surface area contributed by atoms with Gasteiger partial charge in [0.05, 0.1) is 0 Å². The molecule has 0 heterocycles. The summed E-state index contributed by atoms with van der Waals surface area (Å²) in [5.74, 6) is 0. The highest BCUT2D eigenvalue weighted by molar-refractivity contribution is 8.93. The van der Waals surface area contributed by atoms with Crippen LogP contribution in [0.5, 0.6) is 0 Å². The van der Waals surface area contributed by atoms with Gasteiger partial charge in [-0.05, 0) is 0 Å². The van der Waals surface area contributed by atoms with Crippen molar-refractivity contribution in [2.75, 3.05) is 0 Å². The van der Waals surface area contributed by atoms with Gasteiger partial charge in [-0.1, -0.05) is 0 Å². The highest BCUT2D eigenvalue weighted by Gasteiger charge is 0.00105. The van der Waals surface area contributed by atoms with E-state index >= 15 is 0 Å². The number of rotatable bonds is 0. The van der Waals surface area contributed by atoms with E-state index < -0.39 is 0 Å². The van der Waals surface area contributed by atoms with Crippen molar-refractivity contribution in [1.29, 1.82) is 0 Å². The fourth-order valence-electron chi connectivity index (χ4n) is 0. The fraction of sp³-hybridized carbons (Fsp3) is 0. The molecule has 0 unspecified atom stereocenters. The minimum atomic E-state index is 0. The summed E-state index contributed by atoms with van der Waals surface area (Å²) in [6.45, 7) is 0. The molecule has 0 bridgehead atoms. The first-order chi connectivity index (χ1) is 0. The maximum Gasteiger partial charge on any atom is 0 e. The molecule has 0 aliphatic rings. The molecule has 6 radical (unpaired) electrons. The van der Waals surface area contributed by atoms with E-state index in [4.69, 9.17) is 0 Å². The molecule has 5 heavy (non-hydrogen) atoms. The third-order valence-electron chi connectivity index (χ3n) is 0. The minimum Gasteiger partial charge on any atom is -0.114 e. The average molecular weight is 264 g/mol. The van der Waals surface area contributed by atoms with Gasteiger partial charge in [-0.15, -0.1) is 50.9 Å². The van der Waals surface area contributed by atoms with Crippen LogP contribution in [0.2, 0.25) is 0 Å². The highest BCUT2D eigenvalue weighted by Crippen LogP contribution is 0.848. The summed E-state index contributed by atoms with van der Waals surface area (Å²) in [4.78, 5) is 0. The van der Waals surface area contributed by atoms with Crippen molar-refractivity contribution >= 4 is 67.8 Å². The number of halogens is 3. The standard InChI is InChI=1S/2B.3BrH/h;;3*1H. The topological polar surface area (TPSA) is 0 Å². The van der Waals surface area contributed by atoms with E-state index in [1.165, 1.54) is 0 Å². The van der Waals surface area contributed by atoms with Gasteiger partial charge in [0.1, 0.15) is 0 Å². The molecule has 0 rings (SSSR count). The molecule has 30 valence electrons. The smallest absolute Gasteiger partial charge is 0 e. The van der Waals surface area contributed by atoms with Crippen molar-refractivity contribution < 1.29 is 0 Å². The lowest BCUT2D eigenvalue weighted by Gasteiger charge is -0.115. The molecule has 0 aromatic heterocycles. The zero-order valence-electron chi connectivity index (χ0n) is 2.38. The minimum absolute atomic E-state index is 0. The summed E-state index contributed by atoms with van der Waals surface area (Å²) in [7, 11) is 0. The van der Waals surface area contributed by atoms with E-state index in [0.717, 1.165) is 0 Å². The summed E-state index contributed by atoms with van der Waals surface area (Å²) in [6, 6.07) is 0. The summed E-state index contributed by atoms with van der Waals surface area (Å²) >= 11 is 0. The fourth-order valence-corrected chi connectivity index (χ4v) is 0. The molecule has 0 aliphatic carbocycles. The number of hydrogen-bond acceptors (Lipinski definition) is 0. The first kappa shape index (κ1) is 82.7. The van der Waals surface area contributed by atoms with Crippen molar-refractivity contribution in [2.24, 2.45) is 0 Å². The summed E-state index contributed by atoms with van der Waals surface area (Å²) in [5, 5.41) is 0. The Labute approximate surface area is 67.6 Å². The molecule has 0 aromatic rings. The molecule has 0 saturated heterocycles. The first-order valence-electron chi connectivity index (χ1n) is 0. The van der Waals surface area contributed by atoms with Crippen LogP contribution in [0.4, 0.5) is 0 Å². The van der Waals surface area contributed by atoms with E-state index in [1.54, 1.807) is 0 Å². The Bertz CT molecular complexity index is 4.85. The van der Waals surface area contributed by atoms with E-state index in [0.29, 0.717) is 0 Å². The van der Waals surface area contributed by atoms with Gasteiger partial charge in [0.15, 0.2) is 0 Å². The van der Waals surface area contributed by atoms with Gasteiger partial charge in [0.25, 0.3) is 0 Å². The van der Waals surface area contributed by atoms with Gasteiger partial charge in [0, 0.05) is 16.8 Å². The van der Waals surface area contributed by atoms with Crippen LogP contribution in [0, 0.1) is 0 Å². The third kappa shape index (κ3) is 28.8. The van der Waals surface area contributed by atoms with Crippen molar-refractivity contribution in [1.82, 2.24) is 0 Å². The predicted molar refractivity (Wildman–Crippen MR) is 42.5 cm³/mol. The zero-order chi connectivity index (χ0) is 0. The molecule has 0 amide bonds. The van der Waals surface area contributed by atoms with Gasteiger partial charge >= 0.3 is 0 Å². The summed E-state index contributed by atoms with van der Waals surface area (Å²) < 4.78 is 0. The third-order valence-corrected chi connectivity index (χ3v) is 0. The Balaban J connectivity index is 0. The van der Waals surface area contributed by atoms with Gasteiger partial charge in [-0.2, -0.15) is 0 Å². The normalized spacial score (nSPS) is 0. The van der Waals surface area contributed by atoms with Crippen LogP contribution in [0.3, 0.4) is 0 Å². The Kier molecular flexibility index (Phi) is 781. The average Bonchev–Trinajstić information content (AvgIpc) is 0. The van der Waals surface area contributed by atoms with E-state index in [-0.39, 0.29) is 67.8 Å². The largest absolute Gasteiger partial charge is 0.114 e. The molecule has 0 N–H and O–H groups in total. The lowest BCUT2D eigenvalue weighted by molar-refractivity contribution is 5.75. The zero-order valence-corrected chi connectivity index (χ0v) is 7.52. The van der Waals surface area contributed by atoms with Crippen molar-refractivity contribution in [3.63, 3.8) is 0 Å². The molecule has 5 heteroatoms. The van der Waals surface area contributed by atoms with Gasteiger partial charge < -0.3 is 0 Å². The Morgan fingerprint density at radius 2 is 0.400 bits per heavy atom. The van der Waals surface area contributed by atoms with Crippen LogP contribution in [0.15, 0.2) is 0 Å². The van der Waals surface area contributed by atoms with Crippen LogP contribution in [-0.4, -0.2) is 16.8 Å². The molecule has 0 spiro atoms. The Morgan fingerprint density at radius 1 is 0.400 bits per heavy atom. The van der Waals surface area contributed by atoms with Crippen LogP contribution in [-0.2, 0) is 0 Å². The molecular formula is H3B2Br3. The molecular weight excluding hydrogens is 261 g/mol. The second-order valence-corrected chi connectivity index (χ2v) is 0.